The van der Waals surface area contributed by atoms with Crippen molar-refractivity contribution < 1.29 is 19.1 Å². The van der Waals surface area contributed by atoms with E-state index in [1.165, 1.54) is 24.8 Å². The van der Waals surface area contributed by atoms with Crippen molar-refractivity contribution >= 4 is 28.1 Å². The van der Waals surface area contributed by atoms with Crippen LogP contribution in [-0.2, 0) is 17.8 Å². The molecule has 0 atom stereocenters. The summed E-state index contributed by atoms with van der Waals surface area (Å²) in [5, 5.41) is 2.99. The predicted molar refractivity (Wildman–Crippen MR) is 142 cm³/mol. The summed E-state index contributed by atoms with van der Waals surface area (Å²) in [7, 11) is 0. The Morgan fingerprint density at radius 1 is 0.857 bits per heavy atom. The van der Waals surface area contributed by atoms with Crippen LogP contribution in [0.5, 0.6) is 5.75 Å². The van der Waals surface area contributed by atoms with Crippen LogP contribution in [0.15, 0.2) is 77.3 Å². The zero-order valence-corrected chi connectivity index (χ0v) is 21.5. The molecule has 3 rings (SSSR count). The summed E-state index contributed by atoms with van der Waals surface area (Å²) in [6.45, 7) is 1.07. The van der Waals surface area contributed by atoms with Crippen LogP contribution in [0.2, 0.25) is 0 Å². The van der Waals surface area contributed by atoms with E-state index in [-0.39, 0.29) is 12.7 Å². The lowest BCUT2D eigenvalue weighted by molar-refractivity contribution is 0.00462. The lowest BCUT2D eigenvalue weighted by Gasteiger charge is -2.11. The van der Waals surface area contributed by atoms with Gasteiger partial charge in [-0.3, -0.25) is 9.59 Å². The number of unbranched alkanes of at least 4 members (excludes halogenated alkanes) is 4. The third-order valence-electron chi connectivity index (χ3n) is 5.62. The molecule has 0 bridgehead atoms. The summed E-state index contributed by atoms with van der Waals surface area (Å²) in [6, 6.07) is 23.1. The Bertz CT molecular complexity index is 1070. The van der Waals surface area contributed by atoms with Crippen molar-refractivity contribution in [2.75, 3.05) is 13.3 Å². The average Bonchev–Trinajstić information content (AvgIpc) is 2.89. The van der Waals surface area contributed by atoms with Gasteiger partial charge in [-0.25, -0.2) is 0 Å². The highest BCUT2D eigenvalue weighted by Gasteiger charge is 2.09. The van der Waals surface area contributed by atoms with Crippen LogP contribution in [0.4, 0.5) is 0 Å². The van der Waals surface area contributed by atoms with E-state index in [0.717, 1.165) is 31.1 Å². The van der Waals surface area contributed by atoms with Crippen LogP contribution in [0.3, 0.4) is 0 Å². The van der Waals surface area contributed by atoms with E-state index in [4.69, 9.17) is 9.47 Å². The van der Waals surface area contributed by atoms with Gasteiger partial charge < -0.3 is 14.8 Å². The number of amides is 1. The maximum atomic E-state index is 12.4. The Morgan fingerprint density at radius 3 is 2.43 bits per heavy atom. The van der Waals surface area contributed by atoms with Gasteiger partial charge in [-0.2, -0.15) is 0 Å². The minimum absolute atomic E-state index is 0.0564. The molecule has 5 nitrogen and oxygen atoms in total. The fraction of sp³-hybridized carbons (Fsp3) is 0.310. The van der Waals surface area contributed by atoms with Crippen molar-refractivity contribution in [2.24, 2.45) is 0 Å². The number of aldehydes is 1. The van der Waals surface area contributed by atoms with Crippen molar-refractivity contribution in [3.63, 3.8) is 0 Å². The summed E-state index contributed by atoms with van der Waals surface area (Å²) in [5.74, 6) is 0.506. The lowest BCUT2D eigenvalue weighted by Crippen LogP contribution is -2.24. The molecule has 0 aliphatic heterocycles. The monoisotopic (exact) mass is 537 g/mol. The zero-order valence-electron chi connectivity index (χ0n) is 19.9. The van der Waals surface area contributed by atoms with Gasteiger partial charge in [0.25, 0.3) is 5.91 Å². The quantitative estimate of drug-likeness (QED) is 0.132. The fourth-order valence-corrected chi connectivity index (χ4v) is 4.21. The highest BCUT2D eigenvalue weighted by atomic mass is 79.9. The average molecular weight is 538 g/mol. The molecule has 0 saturated carbocycles. The van der Waals surface area contributed by atoms with Gasteiger partial charge in [-0.1, -0.05) is 67.8 Å². The molecule has 3 aromatic rings. The predicted octanol–water partition coefficient (Wildman–Crippen LogP) is 6.74. The van der Waals surface area contributed by atoms with Crippen molar-refractivity contribution in [1.29, 1.82) is 0 Å². The number of hydrogen-bond acceptors (Lipinski definition) is 4. The number of carbonyl (C=O) groups excluding carboxylic acids is 2. The van der Waals surface area contributed by atoms with Crippen LogP contribution in [-0.4, -0.2) is 25.5 Å². The van der Waals surface area contributed by atoms with E-state index < -0.39 is 0 Å². The van der Waals surface area contributed by atoms with Gasteiger partial charge in [0, 0.05) is 17.7 Å². The molecule has 0 radical (unpaired) electrons. The van der Waals surface area contributed by atoms with Crippen molar-refractivity contribution in [3.05, 3.63) is 99.5 Å². The number of rotatable bonds is 15. The van der Waals surface area contributed by atoms with E-state index in [1.807, 2.05) is 12.1 Å². The van der Waals surface area contributed by atoms with E-state index in [0.29, 0.717) is 34.5 Å². The molecule has 0 fully saturated rings. The summed E-state index contributed by atoms with van der Waals surface area (Å²) in [5.41, 5.74) is 3.49. The molecule has 1 N–H and O–H groups in total. The molecule has 6 heteroatoms. The van der Waals surface area contributed by atoms with Crippen LogP contribution in [0.1, 0.15) is 63.9 Å². The molecule has 0 aromatic heterocycles. The summed E-state index contributed by atoms with van der Waals surface area (Å²) < 4.78 is 11.9. The third-order valence-corrected chi connectivity index (χ3v) is 6.24. The molecular formula is C29H32BrNO4. The van der Waals surface area contributed by atoms with Crippen LogP contribution in [0.25, 0.3) is 0 Å². The van der Waals surface area contributed by atoms with Crippen molar-refractivity contribution in [3.8, 4) is 5.75 Å². The molecule has 0 heterocycles. The number of ether oxygens (including phenoxy) is 2. The minimum atomic E-state index is -0.0902. The second-order valence-electron chi connectivity index (χ2n) is 8.38. The molecule has 0 saturated heterocycles. The smallest absolute Gasteiger partial charge is 0.251 e. The second-order valence-corrected chi connectivity index (χ2v) is 9.23. The molecular weight excluding hydrogens is 506 g/mol. The maximum absolute atomic E-state index is 12.4. The second kappa shape index (κ2) is 15.1. The fourth-order valence-electron chi connectivity index (χ4n) is 3.71. The highest BCUT2D eigenvalue weighted by Crippen LogP contribution is 2.26. The SMILES string of the molecule is O=Cc1cccc(COCOc2ccc(C(=O)NCCCCCCCc3ccccc3)cc2Br)c1. The molecule has 0 spiro atoms. The zero-order chi connectivity index (χ0) is 24.7. The third kappa shape index (κ3) is 9.67. The largest absolute Gasteiger partial charge is 0.466 e. The van der Waals surface area contributed by atoms with E-state index in [2.05, 4.69) is 51.6 Å². The van der Waals surface area contributed by atoms with Crippen LogP contribution < -0.4 is 10.1 Å². The minimum Gasteiger partial charge on any atom is -0.466 e. The number of benzene rings is 3. The van der Waals surface area contributed by atoms with Gasteiger partial charge in [0.2, 0.25) is 0 Å². The Labute approximate surface area is 216 Å². The summed E-state index contributed by atoms with van der Waals surface area (Å²) >= 11 is 3.47. The van der Waals surface area contributed by atoms with Crippen LogP contribution in [0, 0.1) is 0 Å². The molecule has 0 unspecified atom stereocenters. The van der Waals surface area contributed by atoms with Crippen molar-refractivity contribution in [2.45, 2.75) is 45.1 Å². The maximum Gasteiger partial charge on any atom is 0.251 e. The summed E-state index contributed by atoms with van der Waals surface area (Å²) in [6.07, 6.45) is 7.64. The Balaban J connectivity index is 1.28. The molecule has 184 valence electrons. The lowest BCUT2D eigenvalue weighted by atomic mass is 10.1. The van der Waals surface area contributed by atoms with Gasteiger partial charge in [0.05, 0.1) is 11.1 Å². The normalized spacial score (nSPS) is 10.7. The van der Waals surface area contributed by atoms with Crippen LogP contribution >= 0.6 is 15.9 Å². The van der Waals surface area contributed by atoms with Gasteiger partial charge in [-0.15, -0.1) is 0 Å². The Hall–Kier alpha value is -2.96. The van der Waals surface area contributed by atoms with Gasteiger partial charge >= 0.3 is 0 Å². The first kappa shape index (κ1) is 26.6. The molecule has 1 amide bonds. The Morgan fingerprint density at radius 2 is 1.63 bits per heavy atom. The first-order chi connectivity index (χ1) is 17.2. The molecule has 0 aliphatic rings. The number of aryl methyl sites for hydroxylation is 1. The topological polar surface area (TPSA) is 64.6 Å². The highest BCUT2D eigenvalue weighted by molar-refractivity contribution is 9.10. The number of halogens is 1. The molecule has 0 aliphatic carbocycles. The van der Waals surface area contributed by atoms with Gasteiger partial charge in [0.15, 0.2) is 6.79 Å². The van der Waals surface area contributed by atoms with Gasteiger partial charge in [0.1, 0.15) is 12.0 Å². The molecule has 3 aromatic carbocycles. The number of hydrogen-bond donors (Lipinski definition) is 1. The van der Waals surface area contributed by atoms with E-state index >= 15 is 0 Å². The standard InChI is InChI=1S/C29H32BrNO4/c30-27-19-26(15-16-28(27)35-22-34-21-25-14-9-13-24(18-25)20-32)29(33)31-17-8-3-1-2-5-10-23-11-6-4-7-12-23/h4,6-7,9,11-16,18-20H,1-3,5,8,10,17,21-22H2,(H,31,33). The molecule has 35 heavy (non-hydrogen) atoms. The number of nitrogens with one attached hydrogen (secondary N) is 1. The number of carbonyl (C=O) groups is 2. The first-order valence-corrected chi connectivity index (χ1v) is 12.8. The first-order valence-electron chi connectivity index (χ1n) is 12.0. The Kier molecular flexibility index (Phi) is 11.5. The van der Waals surface area contributed by atoms with Gasteiger partial charge in [-0.05, 0) is 70.6 Å². The van der Waals surface area contributed by atoms with E-state index in [9.17, 15) is 9.59 Å². The van der Waals surface area contributed by atoms with E-state index in [1.54, 1.807) is 30.3 Å². The van der Waals surface area contributed by atoms with Crippen molar-refractivity contribution in [1.82, 2.24) is 5.32 Å². The summed E-state index contributed by atoms with van der Waals surface area (Å²) in [4.78, 5) is 23.3.